The van der Waals surface area contributed by atoms with Crippen molar-refractivity contribution in [3.05, 3.63) is 34.9 Å². The average molecular weight is 259 g/mol. The van der Waals surface area contributed by atoms with E-state index in [-0.39, 0.29) is 5.78 Å². The molecule has 0 heterocycles. The van der Waals surface area contributed by atoms with Gasteiger partial charge in [-0.3, -0.25) is 9.69 Å². The van der Waals surface area contributed by atoms with Crippen molar-refractivity contribution in [3.63, 3.8) is 0 Å². The van der Waals surface area contributed by atoms with Crippen molar-refractivity contribution in [2.75, 3.05) is 13.6 Å². The van der Waals surface area contributed by atoms with Crippen LogP contribution < -0.4 is 0 Å². The van der Waals surface area contributed by atoms with E-state index in [1.54, 1.807) is 0 Å². The minimum atomic E-state index is 0.259. The number of likely N-dealkylation sites (N-methyl/N-ethyl adjacent to an activating group) is 1. The topological polar surface area (TPSA) is 20.3 Å². The molecule has 0 spiro atoms. The van der Waals surface area contributed by atoms with Gasteiger partial charge in [0, 0.05) is 11.6 Å². The fraction of sp³-hybridized carbons (Fsp3) is 0.588. The molecule has 1 aliphatic carbocycles. The molecule has 0 saturated heterocycles. The van der Waals surface area contributed by atoms with Gasteiger partial charge < -0.3 is 0 Å². The molecule has 19 heavy (non-hydrogen) atoms. The van der Waals surface area contributed by atoms with E-state index in [2.05, 4.69) is 18.0 Å². The van der Waals surface area contributed by atoms with Gasteiger partial charge >= 0.3 is 0 Å². The lowest BCUT2D eigenvalue weighted by Gasteiger charge is -2.30. The third-order valence-corrected chi connectivity index (χ3v) is 4.28. The third-order valence-electron chi connectivity index (χ3n) is 4.28. The SMILES string of the molecule is Cc1ccc(C)c(C(=O)CN(C)C2CCCCC2)c1. The Bertz CT molecular complexity index is 447. The van der Waals surface area contributed by atoms with Crippen molar-refractivity contribution >= 4 is 5.78 Å². The second-order valence-corrected chi connectivity index (χ2v) is 5.95. The van der Waals surface area contributed by atoms with E-state index in [0.717, 1.165) is 16.7 Å². The maximum atomic E-state index is 12.4. The molecule has 0 atom stereocenters. The summed E-state index contributed by atoms with van der Waals surface area (Å²) in [6.07, 6.45) is 6.47. The largest absolute Gasteiger partial charge is 0.296 e. The molecule has 0 bridgehead atoms. The highest BCUT2D eigenvalue weighted by molar-refractivity contribution is 5.99. The number of ketones is 1. The molecule has 1 fully saturated rings. The lowest BCUT2D eigenvalue weighted by atomic mass is 9.94. The van der Waals surface area contributed by atoms with E-state index in [4.69, 9.17) is 0 Å². The molecule has 0 N–H and O–H groups in total. The zero-order chi connectivity index (χ0) is 13.8. The number of Topliss-reactive ketones (excluding diaryl/α,β-unsaturated/α-hetero) is 1. The van der Waals surface area contributed by atoms with Crippen LogP contribution in [0, 0.1) is 13.8 Å². The molecular weight excluding hydrogens is 234 g/mol. The summed E-state index contributed by atoms with van der Waals surface area (Å²) in [6, 6.07) is 6.73. The van der Waals surface area contributed by atoms with Gasteiger partial charge in [0.1, 0.15) is 0 Å². The number of nitrogens with zero attached hydrogens (tertiary/aromatic N) is 1. The highest BCUT2D eigenvalue weighted by Crippen LogP contribution is 2.22. The van der Waals surface area contributed by atoms with Crippen molar-refractivity contribution in [1.29, 1.82) is 0 Å². The summed E-state index contributed by atoms with van der Waals surface area (Å²) in [5.74, 6) is 0.259. The number of rotatable bonds is 4. The number of aryl methyl sites for hydroxylation is 2. The van der Waals surface area contributed by atoms with Crippen LogP contribution in [-0.2, 0) is 0 Å². The second-order valence-electron chi connectivity index (χ2n) is 5.95. The normalized spacial score (nSPS) is 16.8. The average Bonchev–Trinajstić information content (AvgIpc) is 2.42. The summed E-state index contributed by atoms with van der Waals surface area (Å²) >= 11 is 0. The van der Waals surface area contributed by atoms with Crippen molar-refractivity contribution < 1.29 is 4.79 Å². The zero-order valence-corrected chi connectivity index (χ0v) is 12.4. The summed E-state index contributed by atoms with van der Waals surface area (Å²) in [6.45, 7) is 4.61. The van der Waals surface area contributed by atoms with Gasteiger partial charge in [-0.15, -0.1) is 0 Å². The number of hydrogen-bond donors (Lipinski definition) is 0. The Hall–Kier alpha value is -1.15. The summed E-state index contributed by atoms with van der Waals surface area (Å²) in [4.78, 5) is 14.7. The van der Waals surface area contributed by atoms with E-state index < -0.39 is 0 Å². The maximum absolute atomic E-state index is 12.4. The quantitative estimate of drug-likeness (QED) is 0.768. The molecule has 1 aliphatic rings. The zero-order valence-electron chi connectivity index (χ0n) is 12.4. The molecule has 1 aromatic rings. The minimum absolute atomic E-state index is 0.259. The first-order valence-electron chi connectivity index (χ1n) is 7.38. The Morgan fingerprint density at radius 2 is 1.89 bits per heavy atom. The summed E-state index contributed by atoms with van der Waals surface area (Å²) in [5.41, 5.74) is 3.14. The number of benzene rings is 1. The fourth-order valence-corrected chi connectivity index (χ4v) is 3.00. The predicted molar refractivity (Wildman–Crippen MR) is 79.7 cm³/mol. The first kappa shape index (κ1) is 14.3. The van der Waals surface area contributed by atoms with Crippen LogP contribution in [0.25, 0.3) is 0 Å². The third kappa shape index (κ3) is 3.66. The molecule has 1 aromatic carbocycles. The van der Waals surface area contributed by atoms with Gasteiger partial charge in [0.25, 0.3) is 0 Å². The van der Waals surface area contributed by atoms with Crippen LogP contribution in [0.3, 0.4) is 0 Å². The van der Waals surface area contributed by atoms with E-state index in [0.29, 0.717) is 12.6 Å². The molecule has 0 aromatic heterocycles. The van der Waals surface area contributed by atoms with Crippen LogP contribution in [-0.4, -0.2) is 30.3 Å². The molecule has 0 amide bonds. The maximum Gasteiger partial charge on any atom is 0.177 e. The Balaban J connectivity index is 2.01. The fourth-order valence-electron chi connectivity index (χ4n) is 3.00. The highest BCUT2D eigenvalue weighted by Gasteiger charge is 2.20. The van der Waals surface area contributed by atoms with E-state index in [1.807, 2.05) is 26.0 Å². The van der Waals surface area contributed by atoms with Crippen LogP contribution in [0.4, 0.5) is 0 Å². The lowest BCUT2D eigenvalue weighted by Crippen LogP contribution is -2.37. The lowest BCUT2D eigenvalue weighted by molar-refractivity contribution is 0.0899. The number of carbonyl (C=O) groups excluding carboxylic acids is 1. The predicted octanol–water partition coefficient (Wildman–Crippen LogP) is 3.75. The Kier molecular flexibility index (Phi) is 4.76. The second kappa shape index (κ2) is 6.33. The van der Waals surface area contributed by atoms with Gasteiger partial charge in [-0.2, -0.15) is 0 Å². The molecule has 2 rings (SSSR count). The van der Waals surface area contributed by atoms with Crippen LogP contribution in [0.1, 0.15) is 53.6 Å². The highest BCUT2D eigenvalue weighted by atomic mass is 16.1. The summed E-state index contributed by atoms with van der Waals surface area (Å²) in [7, 11) is 2.10. The summed E-state index contributed by atoms with van der Waals surface area (Å²) < 4.78 is 0. The van der Waals surface area contributed by atoms with E-state index in [1.165, 1.54) is 32.1 Å². The van der Waals surface area contributed by atoms with Crippen LogP contribution in [0.2, 0.25) is 0 Å². The van der Waals surface area contributed by atoms with Gasteiger partial charge in [0.05, 0.1) is 6.54 Å². The molecule has 0 unspecified atom stereocenters. The van der Waals surface area contributed by atoms with Crippen molar-refractivity contribution in [2.45, 2.75) is 52.0 Å². The van der Waals surface area contributed by atoms with E-state index in [9.17, 15) is 4.79 Å². The molecule has 2 nitrogen and oxygen atoms in total. The van der Waals surface area contributed by atoms with Crippen LogP contribution in [0.5, 0.6) is 0 Å². The Morgan fingerprint density at radius 3 is 2.58 bits per heavy atom. The molecule has 0 aliphatic heterocycles. The number of carbonyl (C=O) groups is 1. The summed E-state index contributed by atoms with van der Waals surface area (Å²) in [5, 5.41) is 0. The van der Waals surface area contributed by atoms with Gasteiger partial charge in [0.15, 0.2) is 5.78 Å². The molecule has 2 heteroatoms. The van der Waals surface area contributed by atoms with Gasteiger partial charge in [-0.05, 0) is 45.4 Å². The first-order chi connectivity index (χ1) is 9.08. The molecule has 1 saturated carbocycles. The smallest absolute Gasteiger partial charge is 0.177 e. The molecule has 0 radical (unpaired) electrons. The number of hydrogen-bond acceptors (Lipinski definition) is 2. The van der Waals surface area contributed by atoms with E-state index >= 15 is 0 Å². The van der Waals surface area contributed by atoms with Gasteiger partial charge in [0.2, 0.25) is 0 Å². The minimum Gasteiger partial charge on any atom is -0.296 e. The van der Waals surface area contributed by atoms with Crippen LogP contribution >= 0.6 is 0 Å². The molecular formula is C17H25NO. The Morgan fingerprint density at radius 1 is 1.21 bits per heavy atom. The van der Waals surface area contributed by atoms with Crippen molar-refractivity contribution in [2.24, 2.45) is 0 Å². The Labute approximate surface area is 116 Å². The van der Waals surface area contributed by atoms with Crippen molar-refractivity contribution in [1.82, 2.24) is 4.90 Å². The van der Waals surface area contributed by atoms with Gasteiger partial charge in [-0.25, -0.2) is 0 Å². The molecule has 104 valence electrons. The van der Waals surface area contributed by atoms with Crippen LogP contribution in [0.15, 0.2) is 18.2 Å². The van der Waals surface area contributed by atoms with Gasteiger partial charge in [-0.1, -0.05) is 37.0 Å². The monoisotopic (exact) mass is 259 g/mol. The standard InChI is InChI=1S/C17H25NO/c1-13-9-10-14(2)16(11-13)17(19)12-18(3)15-7-5-4-6-8-15/h9-11,15H,4-8,12H2,1-3H3. The first-order valence-corrected chi connectivity index (χ1v) is 7.38. The van der Waals surface area contributed by atoms with Crippen molar-refractivity contribution in [3.8, 4) is 0 Å².